The van der Waals surface area contributed by atoms with E-state index in [1.807, 2.05) is 0 Å². The molecule has 3 rings (SSSR count). The molecule has 0 unspecified atom stereocenters. The van der Waals surface area contributed by atoms with Gasteiger partial charge in [-0.3, -0.25) is 0 Å². The van der Waals surface area contributed by atoms with Crippen LogP contribution >= 0.6 is 33.1 Å². The fraction of sp³-hybridized carbons (Fsp3) is 0.167. The minimum absolute atomic E-state index is 0.813. The van der Waals surface area contributed by atoms with Gasteiger partial charge in [-0.05, 0) is 0 Å². The van der Waals surface area contributed by atoms with Gasteiger partial charge in [-0.15, -0.1) is 0 Å². The molecule has 3 aromatic rings. The van der Waals surface area contributed by atoms with Gasteiger partial charge in [0, 0.05) is 0 Å². The third-order valence-electron chi connectivity index (χ3n) is 5.00. The summed E-state index contributed by atoms with van der Waals surface area (Å²) in [6, 6.07) is 31.9. The van der Waals surface area contributed by atoms with Gasteiger partial charge in [-0.1, -0.05) is 0 Å². The van der Waals surface area contributed by atoms with Crippen LogP contribution < -0.4 is 15.9 Å². The Morgan fingerprint density at radius 2 is 1.07 bits per heavy atom. The number of unbranched alkanes of at least 4 members (excludes halogenated alkanes) is 1. The van der Waals surface area contributed by atoms with E-state index in [-0.39, 0.29) is 0 Å². The molecule has 0 atom stereocenters. The second kappa shape index (κ2) is 9.20. The molecule has 0 saturated carbocycles. The van der Waals surface area contributed by atoms with E-state index in [1.165, 1.54) is 15.9 Å². The summed E-state index contributed by atoms with van der Waals surface area (Å²) < 4.78 is 0. The molecule has 0 spiro atoms. The first-order valence-corrected chi connectivity index (χ1v) is 13.8. The molecule has 0 heterocycles. The molecule has 0 aliphatic heterocycles. The van der Waals surface area contributed by atoms with Crippen molar-refractivity contribution in [2.24, 2.45) is 0 Å². The number of rotatable bonds is 8. The quantitative estimate of drug-likeness (QED) is 0.158. The van der Waals surface area contributed by atoms with Crippen molar-refractivity contribution in [1.82, 2.24) is 0 Å². The van der Waals surface area contributed by atoms with E-state index in [4.69, 9.17) is 11.2 Å². The number of alkyl halides is 1. The molecule has 0 nitrogen and oxygen atoms in total. The van der Waals surface area contributed by atoms with Gasteiger partial charge >= 0.3 is 177 Å². The Morgan fingerprint density at radius 3 is 1.44 bits per heavy atom. The van der Waals surface area contributed by atoms with Crippen LogP contribution in [0.15, 0.2) is 103 Å². The summed E-state index contributed by atoms with van der Waals surface area (Å²) in [6.07, 6.45) is 7.58. The standard InChI is InChI=1S/C24H25BrClP/c25-20-12-1-2-13-21-27(26,22-14-6-3-7-15-22,23-16-8-4-9-17-23)24-18-10-5-11-19-24/h2-11,13-19H,1,12,20-21H2. The van der Waals surface area contributed by atoms with Crippen LogP contribution in [-0.2, 0) is 0 Å². The summed E-state index contributed by atoms with van der Waals surface area (Å²) in [4.78, 5) is 0. The monoisotopic (exact) mass is 458 g/mol. The fourth-order valence-electron chi connectivity index (χ4n) is 3.57. The first kappa shape index (κ1) is 20.3. The number of benzene rings is 3. The molecule has 27 heavy (non-hydrogen) atoms. The first-order chi connectivity index (χ1) is 13.2. The van der Waals surface area contributed by atoms with Gasteiger partial charge in [-0.25, -0.2) is 0 Å². The van der Waals surface area contributed by atoms with Crippen molar-refractivity contribution in [3.05, 3.63) is 103 Å². The molecule has 0 saturated heterocycles. The van der Waals surface area contributed by atoms with E-state index in [2.05, 4.69) is 119 Å². The second-order valence-corrected chi connectivity index (χ2v) is 14.0. The van der Waals surface area contributed by atoms with Crippen LogP contribution in [-0.4, -0.2) is 11.5 Å². The molecule has 0 amide bonds. The first-order valence-electron chi connectivity index (χ1n) is 9.31. The zero-order valence-corrected chi connectivity index (χ0v) is 18.6. The van der Waals surface area contributed by atoms with Gasteiger partial charge in [0.05, 0.1) is 0 Å². The van der Waals surface area contributed by atoms with Gasteiger partial charge in [0.15, 0.2) is 0 Å². The number of halogens is 2. The third-order valence-corrected chi connectivity index (χ3v) is 12.8. The summed E-state index contributed by atoms with van der Waals surface area (Å²) in [5, 5.41) is 4.67. The summed E-state index contributed by atoms with van der Waals surface area (Å²) in [6.45, 7) is 0. The Kier molecular flexibility index (Phi) is 6.93. The predicted octanol–water partition coefficient (Wildman–Crippen LogP) is 6.40. The van der Waals surface area contributed by atoms with Crippen LogP contribution in [0.1, 0.15) is 12.8 Å². The molecule has 0 N–H and O–H groups in total. The van der Waals surface area contributed by atoms with Gasteiger partial charge in [0.2, 0.25) is 0 Å². The number of hydrogen-bond donors (Lipinski definition) is 0. The van der Waals surface area contributed by atoms with Crippen LogP contribution in [0.5, 0.6) is 0 Å². The molecular formula is C24H25BrClP. The Balaban J connectivity index is 2.24. The van der Waals surface area contributed by atoms with Crippen molar-refractivity contribution < 1.29 is 0 Å². The topological polar surface area (TPSA) is 0 Å². The molecule has 3 aromatic carbocycles. The van der Waals surface area contributed by atoms with Crippen molar-refractivity contribution >= 4 is 49.0 Å². The van der Waals surface area contributed by atoms with Crippen molar-refractivity contribution in [1.29, 1.82) is 0 Å². The van der Waals surface area contributed by atoms with Crippen molar-refractivity contribution in [3.8, 4) is 0 Å². The van der Waals surface area contributed by atoms with Gasteiger partial charge in [0.1, 0.15) is 0 Å². The van der Waals surface area contributed by atoms with Gasteiger partial charge < -0.3 is 0 Å². The average Bonchev–Trinajstić information content (AvgIpc) is 2.75. The van der Waals surface area contributed by atoms with Crippen LogP contribution in [0, 0.1) is 0 Å². The van der Waals surface area contributed by atoms with Crippen LogP contribution in [0.4, 0.5) is 0 Å². The summed E-state index contributed by atoms with van der Waals surface area (Å²) in [7, 11) is 0. The summed E-state index contributed by atoms with van der Waals surface area (Å²) in [5.74, 6) is -3.12. The van der Waals surface area contributed by atoms with Crippen molar-refractivity contribution in [2.45, 2.75) is 12.8 Å². The molecular weight excluding hydrogens is 435 g/mol. The van der Waals surface area contributed by atoms with E-state index in [0.29, 0.717) is 0 Å². The fourth-order valence-corrected chi connectivity index (χ4v) is 9.60. The van der Waals surface area contributed by atoms with E-state index in [1.54, 1.807) is 0 Å². The number of hydrogen-bond acceptors (Lipinski definition) is 0. The van der Waals surface area contributed by atoms with Gasteiger partial charge in [0.25, 0.3) is 0 Å². The Hall–Kier alpha value is -1.40. The van der Waals surface area contributed by atoms with Crippen LogP contribution in [0.25, 0.3) is 0 Å². The van der Waals surface area contributed by atoms with E-state index >= 15 is 0 Å². The van der Waals surface area contributed by atoms with Gasteiger partial charge in [-0.2, -0.15) is 0 Å². The maximum atomic E-state index is 7.96. The Bertz CT molecular complexity index is 763. The van der Waals surface area contributed by atoms with Crippen LogP contribution in [0.3, 0.4) is 0 Å². The normalized spacial score (nSPS) is 13.3. The van der Waals surface area contributed by atoms with Crippen LogP contribution in [0.2, 0.25) is 0 Å². The zero-order valence-electron chi connectivity index (χ0n) is 15.3. The molecule has 0 aliphatic carbocycles. The molecule has 140 valence electrons. The molecule has 0 aliphatic rings. The molecule has 3 heteroatoms. The summed E-state index contributed by atoms with van der Waals surface area (Å²) in [5.41, 5.74) is 0. The zero-order chi connectivity index (χ0) is 19.0. The van der Waals surface area contributed by atoms with E-state index < -0.39 is 5.96 Å². The second-order valence-electron chi connectivity index (χ2n) is 6.67. The SMILES string of the molecule is ClP(CC=CCCCBr)(c1ccccc1)(c1ccccc1)c1ccccc1. The predicted molar refractivity (Wildman–Crippen MR) is 128 cm³/mol. The number of allylic oxidation sites excluding steroid dienone is 2. The van der Waals surface area contributed by atoms with E-state index in [0.717, 1.165) is 24.3 Å². The Labute approximate surface area is 176 Å². The third kappa shape index (κ3) is 4.06. The molecule has 0 radical (unpaired) electrons. The summed E-state index contributed by atoms with van der Waals surface area (Å²) >= 11 is 11.5. The molecule has 0 fully saturated rings. The molecule has 0 bridgehead atoms. The molecule has 0 aromatic heterocycles. The van der Waals surface area contributed by atoms with E-state index in [9.17, 15) is 0 Å². The van der Waals surface area contributed by atoms with Crippen molar-refractivity contribution in [2.75, 3.05) is 11.5 Å². The van der Waals surface area contributed by atoms with Crippen molar-refractivity contribution in [3.63, 3.8) is 0 Å². The minimum atomic E-state index is -3.12. The average molecular weight is 460 g/mol. The Morgan fingerprint density at radius 1 is 0.667 bits per heavy atom. The maximum absolute atomic E-state index is 7.96.